The van der Waals surface area contributed by atoms with Crippen LogP contribution < -0.4 is 0 Å². The fourth-order valence-corrected chi connectivity index (χ4v) is 2.83. The van der Waals surface area contributed by atoms with Crippen molar-refractivity contribution in [2.24, 2.45) is 0 Å². The summed E-state index contributed by atoms with van der Waals surface area (Å²) in [5, 5.41) is 13.4. The second-order valence-corrected chi connectivity index (χ2v) is 5.37. The van der Waals surface area contributed by atoms with E-state index in [1.165, 1.54) is 12.0 Å². The summed E-state index contributed by atoms with van der Waals surface area (Å²) in [6, 6.07) is 9.84. The molecule has 3 rings (SSSR count). The van der Waals surface area contributed by atoms with Gasteiger partial charge in [-0.3, -0.25) is 4.90 Å². The molecule has 2 heterocycles. The van der Waals surface area contributed by atoms with E-state index in [4.69, 9.17) is 4.52 Å². The first kappa shape index (κ1) is 13.2. The van der Waals surface area contributed by atoms with Crippen LogP contribution in [0.4, 0.5) is 0 Å². The van der Waals surface area contributed by atoms with Crippen molar-refractivity contribution in [3.05, 3.63) is 47.3 Å². The molecule has 0 saturated carbocycles. The number of rotatable bonds is 4. The summed E-state index contributed by atoms with van der Waals surface area (Å²) in [4.78, 5) is 2.42. The van der Waals surface area contributed by atoms with Gasteiger partial charge in [0.15, 0.2) is 5.76 Å². The van der Waals surface area contributed by atoms with E-state index in [0.717, 1.165) is 37.4 Å². The molecular formula is C16H20N2O2. The van der Waals surface area contributed by atoms with Crippen molar-refractivity contribution < 1.29 is 9.63 Å². The average Bonchev–Trinajstić information content (AvgIpc) is 3.09. The Morgan fingerprint density at radius 2 is 2.15 bits per heavy atom. The number of aryl methyl sites for hydroxylation is 1. The van der Waals surface area contributed by atoms with Crippen molar-refractivity contribution in [3.8, 4) is 5.75 Å². The molecule has 1 fully saturated rings. The van der Waals surface area contributed by atoms with Crippen LogP contribution in [-0.4, -0.2) is 21.7 Å². The summed E-state index contributed by atoms with van der Waals surface area (Å²) in [7, 11) is 0. The molecule has 0 aliphatic carbocycles. The Morgan fingerprint density at radius 1 is 1.35 bits per heavy atom. The van der Waals surface area contributed by atoms with Crippen LogP contribution in [0.3, 0.4) is 0 Å². The lowest BCUT2D eigenvalue weighted by atomic mass is 10.1. The van der Waals surface area contributed by atoms with E-state index < -0.39 is 0 Å². The van der Waals surface area contributed by atoms with Gasteiger partial charge in [-0.1, -0.05) is 24.2 Å². The van der Waals surface area contributed by atoms with E-state index in [1.54, 1.807) is 12.1 Å². The van der Waals surface area contributed by atoms with Crippen molar-refractivity contribution in [2.45, 2.75) is 38.8 Å². The highest BCUT2D eigenvalue weighted by atomic mass is 16.5. The third-order valence-corrected chi connectivity index (χ3v) is 3.95. The molecule has 1 aliphatic heterocycles. The van der Waals surface area contributed by atoms with Gasteiger partial charge in [0.05, 0.1) is 11.7 Å². The molecule has 4 nitrogen and oxygen atoms in total. The van der Waals surface area contributed by atoms with Gasteiger partial charge in [0, 0.05) is 12.6 Å². The molecule has 1 N–H and O–H groups in total. The summed E-state index contributed by atoms with van der Waals surface area (Å²) in [5.41, 5.74) is 2.24. The first-order valence-corrected chi connectivity index (χ1v) is 7.23. The quantitative estimate of drug-likeness (QED) is 0.928. The van der Waals surface area contributed by atoms with Crippen LogP contribution in [0.1, 0.15) is 42.8 Å². The zero-order valence-electron chi connectivity index (χ0n) is 11.7. The molecule has 1 aromatic heterocycles. The van der Waals surface area contributed by atoms with Crippen molar-refractivity contribution in [2.75, 3.05) is 6.54 Å². The maximum atomic E-state index is 9.34. The average molecular weight is 272 g/mol. The number of likely N-dealkylation sites (tertiary alicyclic amines) is 1. The monoisotopic (exact) mass is 272 g/mol. The van der Waals surface area contributed by atoms with Gasteiger partial charge in [-0.15, -0.1) is 0 Å². The Bertz CT molecular complexity index is 562. The second kappa shape index (κ2) is 5.67. The number of hydrogen-bond acceptors (Lipinski definition) is 4. The fraction of sp³-hybridized carbons (Fsp3) is 0.438. The summed E-state index contributed by atoms with van der Waals surface area (Å²) in [5.74, 6) is 1.30. The van der Waals surface area contributed by atoms with Crippen LogP contribution in [-0.2, 0) is 13.0 Å². The van der Waals surface area contributed by atoms with Crippen LogP contribution in [0, 0.1) is 0 Å². The minimum atomic E-state index is 0.314. The number of nitrogens with zero attached hydrogens (tertiary/aromatic N) is 2. The van der Waals surface area contributed by atoms with Crippen LogP contribution in [0.25, 0.3) is 0 Å². The third kappa shape index (κ3) is 2.70. The van der Waals surface area contributed by atoms with Crippen molar-refractivity contribution in [1.82, 2.24) is 10.1 Å². The summed E-state index contributed by atoms with van der Waals surface area (Å²) in [6.45, 7) is 4.05. The maximum absolute atomic E-state index is 9.34. The van der Waals surface area contributed by atoms with Gasteiger partial charge in [0.1, 0.15) is 5.75 Å². The third-order valence-electron chi connectivity index (χ3n) is 3.95. The largest absolute Gasteiger partial charge is 0.508 e. The second-order valence-electron chi connectivity index (χ2n) is 5.37. The molecule has 1 aliphatic rings. The normalized spacial score (nSPS) is 19.6. The van der Waals surface area contributed by atoms with Crippen molar-refractivity contribution in [1.29, 1.82) is 0 Å². The van der Waals surface area contributed by atoms with Gasteiger partial charge >= 0.3 is 0 Å². The minimum absolute atomic E-state index is 0.314. The van der Waals surface area contributed by atoms with Crippen LogP contribution in [0.5, 0.6) is 5.75 Å². The molecule has 0 amide bonds. The predicted molar refractivity (Wildman–Crippen MR) is 76.4 cm³/mol. The topological polar surface area (TPSA) is 49.5 Å². The number of phenolic OH excluding ortho intramolecular Hbond substituents is 1. The van der Waals surface area contributed by atoms with E-state index in [0.29, 0.717) is 11.8 Å². The zero-order chi connectivity index (χ0) is 13.9. The highest BCUT2D eigenvalue weighted by Crippen LogP contribution is 2.33. The van der Waals surface area contributed by atoms with Gasteiger partial charge < -0.3 is 9.63 Å². The molecule has 1 atom stereocenters. The molecule has 1 saturated heterocycles. The van der Waals surface area contributed by atoms with E-state index in [9.17, 15) is 5.11 Å². The van der Waals surface area contributed by atoms with E-state index in [2.05, 4.69) is 23.0 Å². The Morgan fingerprint density at radius 3 is 2.85 bits per heavy atom. The Labute approximate surface area is 119 Å². The smallest absolute Gasteiger partial charge is 0.154 e. The Balaban J connectivity index is 1.73. The number of benzene rings is 1. The lowest BCUT2D eigenvalue weighted by Crippen LogP contribution is -2.22. The summed E-state index contributed by atoms with van der Waals surface area (Å²) in [6.07, 6.45) is 3.22. The number of phenols is 1. The summed E-state index contributed by atoms with van der Waals surface area (Å²) >= 11 is 0. The van der Waals surface area contributed by atoms with Gasteiger partial charge in [0.25, 0.3) is 0 Å². The van der Waals surface area contributed by atoms with Gasteiger partial charge in [0.2, 0.25) is 0 Å². The Hall–Kier alpha value is -1.81. The molecule has 0 radical (unpaired) electrons. The molecule has 106 valence electrons. The highest BCUT2D eigenvalue weighted by Gasteiger charge is 2.29. The van der Waals surface area contributed by atoms with Gasteiger partial charge in [-0.2, -0.15) is 0 Å². The van der Waals surface area contributed by atoms with Crippen LogP contribution >= 0.6 is 0 Å². The van der Waals surface area contributed by atoms with E-state index in [-0.39, 0.29) is 0 Å². The van der Waals surface area contributed by atoms with Gasteiger partial charge in [-0.25, -0.2) is 0 Å². The van der Waals surface area contributed by atoms with Crippen molar-refractivity contribution in [3.63, 3.8) is 0 Å². The molecule has 0 spiro atoms. The molecule has 0 bridgehead atoms. The van der Waals surface area contributed by atoms with E-state index >= 15 is 0 Å². The molecular weight excluding hydrogens is 252 g/mol. The van der Waals surface area contributed by atoms with Crippen LogP contribution in [0.2, 0.25) is 0 Å². The zero-order valence-corrected chi connectivity index (χ0v) is 11.7. The SMILES string of the molecule is CCc1cc([C@@H]2CCCN2Cc2ccc(O)cc2)on1. The highest BCUT2D eigenvalue weighted by molar-refractivity contribution is 5.26. The molecule has 2 aromatic rings. The maximum Gasteiger partial charge on any atom is 0.154 e. The number of aromatic nitrogens is 1. The molecule has 20 heavy (non-hydrogen) atoms. The molecule has 1 aromatic carbocycles. The lowest BCUT2D eigenvalue weighted by Gasteiger charge is -2.22. The molecule has 0 unspecified atom stereocenters. The fourth-order valence-electron chi connectivity index (χ4n) is 2.83. The Kier molecular flexibility index (Phi) is 3.74. The first-order valence-electron chi connectivity index (χ1n) is 7.23. The summed E-state index contributed by atoms with van der Waals surface area (Å²) < 4.78 is 5.49. The predicted octanol–water partition coefficient (Wildman–Crippen LogP) is 3.28. The lowest BCUT2D eigenvalue weighted by molar-refractivity contribution is 0.206. The standard InChI is InChI=1S/C16H20N2O2/c1-2-13-10-16(20-17-13)15-4-3-9-18(15)11-12-5-7-14(19)8-6-12/h5-8,10,15,19H,2-4,9,11H2,1H3/t15-/m0/s1. The first-order chi connectivity index (χ1) is 9.76. The van der Waals surface area contributed by atoms with E-state index in [1.807, 2.05) is 12.1 Å². The van der Waals surface area contributed by atoms with Crippen molar-refractivity contribution >= 4 is 0 Å². The number of aromatic hydroxyl groups is 1. The minimum Gasteiger partial charge on any atom is -0.508 e. The van der Waals surface area contributed by atoms with Crippen LogP contribution in [0.15, 0.2) is 34.9 Å². The van der Waals surface area contributed by atoms with Gasteiger partial charge in [-0.05, 0) is 43.5 Å². The number of hydrogen-bond donors (Lipinski definition) is 1. The molecule has 4 heteroatoms.